The Kier molecular flexibility index (Phi) is 4.74. The first-order chi connectivity index (χ1) is 2.41. The zero-order chi connectivity index (χ0) is 4.12. The van der Waals surface area contributed by atoms with Gasteiger partial charge in [0.2, 0.25) is 19.5 Å². The fourth-order valence-corrected chi connectivity index (χ4v) is 0.919. The smallest absolute Gasteiger partial charge is 0.211 e. The number of rotatable bonds is 2. The maximum absolute atomic E-state index is 4.89. The minimum Gasteiger partial charge on any atom is -0.457 e. The molecule has 4 radical (unpaired) electrons. The van der Waals surface area contributed by atoms with Crippen molar-refractivity contribution >= 4 is 19.5 Å². The van der Waals surface area contributed by atoms with Gasteiger partial charge in [0.05, 0.1) is 0 Å². The summed E-state index contributed by atoms with van der Waals surface area (Å²) in [6.45, 7) is 4.05. The van der Waals surface area contributed by atoms with Crippen LogP contribution in [0.1, 0.15) is 0 Å². The van der Waals surface area contributed by atoms with Gasteiger partial charge in [0.25, 0.3) is 0 Å². The van der Waals surface area contributed by atoms with Gasteiger partial charge in [0.1, 0.15) is 0 Å². The predicted molar refractivity (Wildman–Crippen MR) is 24.3 cm³/mol. The third kappa shape index (κ3) is 4.39. The molecule has 5 heavy (non-hydrogen) atoms. The second kappa shape index (κ2) is 4.39. The van der Waals surface area contributed by atoms with E-state index < -0.39 is 0 Å². The summed E-state index contributed by atoms with van der Waals surface area (Å²) in [6.07, 6.45) is 0. The molecule has 0 aliphatic carbocycles. The van der Waals surface area contributed by atoms with Crippen molar-refractivity contribution in [3.63, 3.8) is 0 Å². The molecule has 0 amide bonds. The quantitative estimate of drug-likeness (QED) is 0.457. The molecule has 0 bridgehead atoms. The highest BCUT2D eigenvalue weighted by Crippen LogP contribution is 1.58. The van der Waals surface area contributed by atoms with Crippen LogP contribution >= 0.6 is 0 Å². The van der Waals surface area contributed by atoms with Gasteiger partial charge < -0.3 is 4.12 Å². The van der Waals surface area contributed by atoms with Crippen molar-refractivity contribution in [1.82, 2.24) is 0 Å². The molecule has 0 unspecified atom stereocenters. The predicted octanol–water partition coefficient (Wildman–Crippen LogP) is 0.338. The fourth-order valence-electron chi connectivity index (χ4n) is 0.102. The van der Waals surface area contributed by atoms with Crippen LogP contribution in [0.3, 0.4) is 0 Å². The topological polar surface area (TPSA) is 9.23 Å². The lowest BCUT2D eigenvalue weighted by molar-refractivity contribution is 0.652. The van der Waals surface area contributed by atoms with E-state index in [1.165, 1.54) is 0 Å². The normalized spacial score (nSPS) is 8.40. The van der Waals surface area contributed by atoms with Gasteiger partial charge in [-0.1, -0.05) is 0 Å². The van der Waals surface area contributed by atoms with Gasteiger partial charge in [0.15, 0.2) is 0 Å². The Labute approximate surface area is 37.6 Å². The van der Waals surface area contributed by atoms with Gasteiger partial charge in [-0.2, -0.15) is 0 Å². The Morgan fingerprint density at radius 1 is 1.20 bits per heavy atom. The first kappa shape index (κ1) is 5.39. The maximum Gasteiger partial charge on any atom is 0.211 e. The standard InChI is InChI=1S/C2H6OSi2/c1-4-3-5-2/h1-2H3. The van der Waals surface area contributed by atoms with Crippen LogP contribution < -0.4 is 0 Å². The highest BCUT2D eigenvalue weighted by atomic mass is 28.3. The Balaban J connectivity index is 2.19. The summed E-state index contributed by atoms with van der Waals surface area (Å²) in [6, 6.07) is 0. The maximum atomic E-state index is 4.89. The van der Waals surface area contributed by atoms with Crippen molar-refractivity contribution < 1.29 is 4.12 Å². The first-order valence-electron chi connectivity index (χ1n) is 1.41. The van der Waals surface area contributed by atoms with E-state index in [9.17, 15) is 0 Å². The summed E-state index contributed by atoms with van der Waals surface area (Å²) < 4.78 is 4.89. The molecule has 0 atom stereocenters. The van der Waals surface area contributed by atoms with Crippen LogP contribution in [0.2, 0.25) is 13.1 Å². The summed E-state index contributed by atoms with van der Waals surface area (Å²) in [7, 11) is 1.34. The molecular formula is C2H6OSi2. The van der Waals surface area contributed by atoms with Crippen LogP contribution in [-0.2, 0) is 4.12 Å². The van der Waals surface area contributed by atoms with Crippen LogP contribution in [0.4, 0.5) is 0 Å². The average Bonchev–Trinajstić information content (AvgIpc) is 1.41. The van der Waals surface area contributed by atoms with Crippen molar-refractivity contribution in [3.8, 4) is 0 Å². The third-order valence-electron chi connectivity index (χ3n) is 0.204. The van der Waals surface area contributed by atoms with Crippen molar-refractivity contribution in [2.75, 3.05) is 0 Å². The SMILES string of the molecule is C[Si]O[Si]C. The van der Waals surface area contributed by atoms with Crippen LogP contribution in [-0.4, -0.2) is 19.5 Å². The zero-order valence-corrected chi connectivity index (χ0v) is 5.41. The first-order valence-corrected chi connectivity index (χ1v) is 4.22. The van der Waals surface area contributed by atoms with Crippen LogP contribution in [0.15, 0.2) is 0 Å². The van der Waals surface area contributed by atoms with Crippen molar-refractivity contribution in [2.24, 2.45) is 0 Å². The molecule has 0 saturated heterocycles. The molecule has 1 nitrogen and oxygen atoms in total. The Morgan fingerprint density at radius 2 is 1.60 bits per heavy atom. The lowest BCUT2D eigenvalue weighted by Gasteiger charge is -1.82. The van der Waals surface area contributed by atoms with E-state index in [4.69, 9.17) is 4.12 Å². The molecule has 0 spiro atoms. The molecule has 0 aliphatic rings. The third-order valence-corrected chi connectivity index (χ3v) is 1.84. The van der Waals surface area contributed by atoms with Crippen LogP contribution in [0.25, 0.3) is 0 Å². The summed E-state index contributed by atoms with van der Waals surface area (Å²) >= 11 is 0. The molecule has 0 aromatic rings. The van der Waals surface area contributed by atoms with Gasteiger partial charge in [-0.25, -0.2) is 0 Å². The second-order valence-electron chi connectivity index (χ2n) is 0.510. The van der Waals surface area contributed by atoms with Crippen LogP contribution in [0, 0.1) is 0 Å². The van der Waals surface area contributed by atoms with Gasteiger partial charge in [-0.15, -0.1) is 0 Å². The highest BCUT2D eigenvalue weighted by molar-refractivity contribution is 6.40. The molecular weight excluding hydrogens is 96.2 g/mol. The van der Waals surface area contributed by atoms with E-state index in [2.05, 4.69) is 0 Å². The number of hydrogen-bond acceptors (Lipinski definition) is 1. The summed E-state index contributed by atoms with van der Waals surface area (Å²) in [4.78, 5) is 0. The molecule has 0 saturated carbocycles. The van der Waals surface area contributed by atoms with Gasteiger partial charge in [0, 0.05) is 0 Å². The second-order valence-corrected chi connectivity index (χ2v) is 2.14. The Bertz CT molecular complexity index is 15.1. The molecule has 0 fully saturated rings. The van der Waals surface area contributed by atoms with Crippen LogP contribution in [0.5, 0.6) is 0 Å². The highest BCUT2D eigenvalue weighted by Gasteiger charge is 1.71. The van der Waals surface area contributed by atoms with E-state index in [0.29, 0.717) is 19.5 Å². The molecule has 0 N–H and O–H groups in total. The molecule has 0 aromatic carbocycles. The molecule has 0 heterocycles. The lowest BCUT2D eigenvalue weighted by Crippen LogP contribution is -1.92. The van der Waals surface area contributed by atoms with E-state index in [0.717, 1.165) is 0 Å². The van der Waals surface area contributed by atoms with E-state index in [1.54, 1.807) is 0 Å². The molecule has 3 heteroatoms. The van der Waals surface area contributed by atoms with E-state index in [-0.39, 0.29) is 0 Å². The van der Waals surface area contributed by atoms with E-state index >= 15 is 0 Å². The fraction of sp³-hybridized carbons (Fsp3) is 1.00. The Hall–Kier alpha value is 0.394. The van der Waals surface area contributed by atoms with Gasteiger partial charge in [-0.3, -0.25) is 0 Å². The minimum absolute atomic E-state index is 0.670. The molecule has 0 rings (SSSR count). The monoisotopic (exact) mass is 102 g/mol. The molecule has 0 aliphatic heterocycles. The van der Waals surface area contributed by atoms with Gasteiger partial charge >= 0.3 is 0 Å². The van der Waals surface area contributed by atoms with Crippen molar-refractivity contribution in [1.29, 1.82) is 0 Å². The summed E-state index contributed by atoms with van der Waals surface area (Å²) in [5.74, 6) is 0. The summed E-state index contributed by atoms with van der Waals surface area (Å²) in [5.41, 5.74) is 0. The van der Waals surface area contributed by atoms with Gasteiger partial charge in [-0.05, 0) is 13.1 Å². The zero-order valence-electron chi connectivity index (χ0n) is 3.41. The van der Waals surface area contributed by atoms with E-state index in [1.807, 2.05) is 13.1 Å². The Morgan fingerprint density at radius 3 is 1.60 bits per heavy atom. The van der Waals surface area contributed by atoms with Crippen molar-refractivity contribution in [2.45, 2.75) is 13.1 Å². The molecule has 28 valence electrons. The lowest BCUT2D eigenvalue weighted by atomic mass is 11.9. The number of hydrogen-bond donors (Lipinski definition) is 0. The summed E-state index contributed by atoms with van der Waals surface area (Å²) in [5, 5.41) is 0. The minimum atomic E-state index is 0.670. The average molecular weight is 102 g/mol. The largest absolute Gasteiger partial charge is 0.457 e. The van der Waals surface area contributed by atoms with Crippen molar-refractivity contribution in [3.05, 3.63) is 0 Å². The molecule has 0 aromatic heterocycles.